The second kappa shape index (κ2) is 10.4. The molecule has 0 aliphatic carbocycles. The molecule has 0 spiro atoms. The number of amides is 2. The van der Waals surface area contributed by atoms with Crippen LogP contribution >= 0.6 is 0 Å². The first-order chi connectivity index (χ1) is 16.0. The van der Waals surface area contributed by atoms with Crippen LogP contribution in [0.25, 0.3) is 10.9 Å². The molecule has 1 fully saturated rings. The van der Waals surface area contributed by atoms with Crippen LogP contribution in [0.2, 0.25) is 0 Å². The van der Waals surface area contributed by atoms with Crippen molar-refractivity contribution in [1.82, 2.24) is 20.8 Å². The maximum Gasteiger partial charge on any atom is 0.272 e. The summed E-state index contributed by atoms with van der Waals surface area (Å²) in [6, 6.07) is 15.1. The molecular weight excluding hydrogens is 422 g/mol. The van der Waals surface area contributed by atoms with Gasteiger partial charge in [0.25, 0.3) is 5.91 Å². The molecule has 0 bridgehead atoms. The van der Waals surface area contributed by atoms with Crippen LogP contribution in [0, 0.1) is 5.92 Å². The van der Waals surface area contributed by atoms with Crippen molar-refractivity contribution >= 4 is 28.4 Å². The monoisotopic (exact) mass is 451 g/mol. The largest absolute Gasteiger partial charge is 0.491 e. The van der Waals surface area contributed by atoms with E-state index < -0.39 is 6.10 Å². The van der Waals surface area contributed by atoms with E-state index in [1.54, 1.807) is 7.05 Å². The first-order valence-corrected chi connectivity index (χ1v) is 11.1. The Bertz CT molecular complexity index is 1100. The van der Waals surface area contributed by atoms with E-state index >= 15 is 0 Å². The third-order valence-electron chi connectivity index (χ3n) is 5.84. The molecule has 1 saturated heterocycles. The van der Waals surface area contributed by atoms with E-state index in [0.29, 0.717) is 18.0 Å². The number of aliphatic hydroxyl groups is 1. The highest BCUT2D eigenvalue weighted by Crippen LogP contribution is 2.27. The Morgan fingerprint density at radius 2 is 2.09 bits per heavy atom. The Morgan fingerprint density at radius 3 is 2.88 bits per heavy atom. The second-order valence-corrected chi connectivity index (χ2v) is 8.19. The number of anilines is 1. The van der Waals surface area contributed by atoms with Crippen LogP contribution in [0.4, 0.5) is 5.69 Å². The molecule has 9 nitrogen and oxygen atoms in total. The summed E-state index contributed by atoms with van der Waals surface area (Å²) >= 11 is 0. The lowest BCUT2D eigenvalue weighted by molar-refractivity contribution is -0.125. The molecule has 2 atom stereocenters. The number of nitrogens with zero attached hydrogens (tertiary/aromatic N) is 2. The van der Waals surface area contributed by atoms with E-state index in [0.717, 1.165) is 36.0 Å². The molecule has 1 aromatic heterocycles. The van der Waals surface area contributed by atoms with Crippen molar-refractivity contribution in [2.45, 2.75) is 18.9 Å². The van der Waals surface area contributed by atoms with Crippen molar-refractivity contribution in [3.63, 3.8) is 0 Å². The highest BCUT2D eigenvalue weighted by atomic mass is 16.5. The Morgan fingerprint density at radius 1 is 1.27 bits per heavy atom. The van der Waals surface area contributed by atoms with E-state index in [9.17, 15) is 14.7 Å². The lowest BCUT2D eigenvalue weighted by Gasteiger charge is -2.34. The number of fused-ring (bicyclic) bond motifs is 1. The number of H-pyrrole nitrogens is 1. The average molecular weight is 452 g/mol. The van der Waals surface area contributed by atoms with E-state index in [1.165, 1.54) is 0 Å². The van der Waals surface area contributed by atoms with Gasteiger partial charge in [0.2, 0.25) is 5.91 Å². The molecule has 1 aliphatic heterocycles. The molecule has 2 aromatic carbocycles. The molecule has 0 saturated carbocycles. The topological polar surface area (TPSA) is 120 Å². The minimum absolute atomic E-state index is 0.0667. The Balaban J connectivity index is 1.31. The van der Waals surface area contributed by atoms with E-state index in [1.807, 2.05) is 48.5 Å². The van der Waals surface area contributed by atoms with Gasteiger partial charge in [0.15, 0.2) is 5.69 Å². The Kier molecular flexibility index (Phi) is 7.09. The fourth-order valence-corrected chi connectivity index (χ4v) is 4.05. The molecule has 2 unspecified atom stereocenters. The van der Waals surface area contributed by atoms with Crippen LogP contribution in [0.15, 0.2) is 48.5 Å². The zero-order valence-corrected chi connectivity index (χ0v) is 18.6. The van der Waals surface area contributed by atoms with Gasteiger partial charge in [0.1, 0.15) is 18.5 Å². The van der Waals surface area contributed by atoms with E-state index in [-0.39, 0.29) is 30.9 Å². The third-order valence-corrected chi connectivity index (χ3v) is 5.84. The number of ether oxygens (including phenoxy) is 1. The van der Waals surface area contributed by atoms with Gasteiger partial charge in [-0.2, -0.15) is 5.10 Å². The van der Waals surface area contributed by atoms with Crippen molar-refractivity contribution in [2.24, 2.45) is 5.92 Å². The number of carbonyl (C=O) groups excluding carboxylic acids is 2. The molecule has 9 heteroatoms. The number of carbonyl (C=O) groups is 2. The number of aliphatic hydroxyl groups excluding tert-OH is 1. The summed E-state index contributed by atoms with van der Waals surface area (Å²) in [7, 11) is 1.57. The molecule has 2 heterocycles. The zero-order valence-electron chi connectivity index (χ0n) is 18.6. The SMILES string of the molecule is CNC(=O)c1n[nH]c2cc(N3CCCC(C(=O)NCC(O)COc4ccccc4)C3)ccc12. The second-order valence-electron chi connectivity index (χ2n) is 8.19. The van der Waals surface area contributed by atoms with Crippen LogP contribution in [-0.2, 0) is 4.79 Å². The minimum Gasteiger partial charge on any atom is -0.491 e. The van der Waals surface area contributed by atoms with Crippen LogP contribution < -0.4 is 20.3 Å². The lowest BCUT2D eigenvalue weighted by Crippen LogP contribution is -2.45. The molecule has 4 N–H and O–H groups in total. The predicted molar refractivity (Wildman–Crippen MR) is 125 cm³/mol. The quantitative estimate of drug-likeness (QED) is 0.414. The molecule has 3 aromatic rings. The molecule has 4 rings (SSSR count). The molecule has 1 aliphatic rings. The molecule has 174 valence electrons. The summed E-state index contributed by atoms with van der Waals surface area (Å²) in [5.74, 6) is 0.213. The highest BCUT2D eigenvalue weighted by Gasteiger charge is 2.27. The maximum atomic E-state index is 12.7. The van der Waals surface area contributed by atoms with Gasteiger partial charge in [-0.1, -0.05) is 18.2 Å². The minimum atomic E-state index is -0.786. The first kappa shape index (κ1) is 22.6. The summed E-state index contributed by atoms with van der Waals surface area (Å²) in [5.41, 5.74) is 2.12. The number of piperidine rings is 1. The number of para-hydroxylation sites is 1. The predicted octanol–water partition coefficient (Wildman–Crippen LogP) is 1.70. The number of rotatable bonds is 8. The fourth-order valence-electron chi connectivity index (χ4n) is 4.05. The summed E-state index contributed by atoms with van der Waals surface area (Å²) in [6.07, 6.45) is 0.903. The van der Waals surface area contributed by atoms with Gasteiger partial charge in [-0.15, -0.1) is 0 Å². The van der Waals surface area contributed by atoms with Crippen molar-refractivity contribution in [3.8, 4) is 5.75 Å². The van der Waals surface area contributed by atoms with Crippen molar-refractivity contribution in [3.05, 3.63) is 54.2 Å². The summed E-state index contributed by atoms with van der Waals surface area (Å²) < 4.78 is 5.54. The standard InChI is InChI=1S/C24H29N5O4/c1-25-24(32)22-20-10-9-17(12-21(20)27-28-22)29-11-5-6-16(14-29)23(31)26-13-18(30)15-33-19-7-3-2-4-8-19/h2-4,7-10,12,16,18,30H,5-6,11,13-15H2,1H3,(H,25,32)(H,26,31)(H,27,28). The van der Waals surface area contributed by atoms with Crippen LogP contribution in [-0.4, -0.2) is 66.5 Å². The number of hydrogen-bond acceptors (Lipinski definition) is 6. The van der Waals surface area contributed by atoms with Crippen LogP contribution in [0.5, 0.6) is 5.75 Å². The van der Waals surface area contributed by atoms with Gasteiger partial charge in [0.05, 0.1) is 11.4 Å². The highest BCUT2D eigenvalue weighted by molar-refractivity contribution is 6.05. The Hall–Kier alpha value is -3.59. The smallest absolute Gasteiger partial charge is 0.272 e. The van der Waals surface area contributed by atoms with Gasteiger partial charge in [-0.05, 0) is 43.2 Å². The Labute approximate surface area is 192 Å². The van der Waals surface area contributed by atoms with Gasteiger partial charge in [-0.3, -0.25) is 14.7 Å². The van der Waals surface area contributed by atoms with Crippen molar-refractivity contribution in [2.75, 3.05) is 38.2 Å². The zero-order chi connectivity index (χ0) is 23.2. The van der Waals surface area contributed by atoms with Gasteiger partial charge in [0, 0.05) is 37.8 Å². The number of hydrogen-bond donors (Lipinski definition) is 4. The molecule has 2 amide bonds. The van der Waals surface area contributed by atoms with Crippen molar-refractivity contribution < 1.29 is 19.4 Å². The van der Waals surface area contributed by atoms with Gasteiger partial charge >= 0.3 is 0 Å². The number of aromatic amines is 1. The summed E-state index contributed by atoms with van der Waals surface area (Å²) in [6.45, 7) is 1.69. The normalized spacial score (nSPS) is 16.9. The summed E-state index contributed by atoms with van der Waals surface area (Å²) in [5, 5.41) is 23.4. The fraction of sp³-hybridized carbons (Fsp3) is 0.375. The first-order valence-electron chi connectivity index (χ1n) is 11.1. The van der Waals surface area contributed by atoms with E-state index in [4.69, 9.17) is 4.74 Å². The van der Waals surface area contributed by atoms with E-state index in [2.05, 4.69) is 25.7 Å². The third kappa shape index (κ3) is 5.43. The number of benzene rings is 2. The molecule has 33 heavy (non-hydrogen) atoms. The lowest BCUT2D eigenvalue weighted by atomic mass is 9.96. The molecule has 0 radical (unpaired) electrons. The van der Waals surface area contributed by atoms with Crippen molar-refractivity contribution in [1.29, 1.82) is 0 Å². The molecular formula is C24H29N5O4. The maximum absolute atomic E-state index is 12.7. The summed E-state index contributed by atoms with van der Waals surface area (Å²) in [4.78, 5) is 26.8. The van der Waals surface area contributed by atoms with Gasteiger partial charge < -0.3 is 25.4 Å². The average Bonchev–Trinajstić information content (AvgIpc) is 3.29. The van der Waals surface area contributed by atoms with Crippen LogP contribution in [0.1, 0.15) is 23.3 Å². The number of aromatic nitrogens is 2. The van der Waals surface area contributed by atoms with Gasteiger partial charge in [-0.25, -0.2) is 0 Å². The number of nitrogens with one attached hydrogen (secondary N) is 3. The van der Waals surface area contributed by atoms with Crippen LogP contribution in [0.3, 0.4) is 0 Å².